The summed E-state index contributed by atoms with van der Waals surface area (Å²) in [6.07, 6.45) is 7.42. The van der Waals surface area contributed by atoms with Crippen LogP contribution in [0.1, 0.15) is 46.0 Å². The van der Waals surface area contributed by atoms with Gasteiger partial charge in [-0.15, -0.1) is 0 Å². The highest BCUT2D eigenvalue weighted by Gasteiger charge is 2.38. The lowest BCUT2D eigenvalue weighted by Gasteiger charge is -2.32. The van der Waals surface area contributed by atoms with Gasteiger partial charge in [-0.25, -0.2) is 0 Å². The topological polar surface area (TPSA) is 3.24 Å². The molecule has 0 N–H and O–H groups in total. The third-order valence-corrected chi connectivity index (χ3v) is 3.87. The van der Waals surface area contributed by atoms with Crippen LogP contribution in [0, 0.1) is 5.92 Å². The first kappa shape index (κ1) is 8.55. The van der Waals surface area contributed by atoms with Gasteiger partial charge in [0.2, 0.25) is 0 Å². The normalized spacial score (nSPS) is 43.0. The van der Waals surface area contributed by atoms with Gasteiger partial charge in [0.25, 0.3) is 0 Å². The Labute approximate surface area is 76.1 Å². The van der Waals surface area contributed by atoms with Crippen molar-refractivity contribution in [2.75, 3.05) is 6.54 Å². The average Bonchev–Trinajstić information content (AvgIpc) is 2.40. The Bertz CT molecular complexity index is 155. The summed E-state index contributed by atoms with van der Waals surface area (Å²) in [6, 6.07) is 1.82. The van der Waals surface area contributed by atoms with Crippen molar-refractivity contribution in [1.82, 2.24) is 4.90 Å². The van der Waals surface area contributed by atoms with Gasteiger partial charge in [-0.3, -0.25) is 4.90 Å². The molecule has 3 atom stereocenters. The molecule has 1 heteroatoms. The fourth-order valence-corrected chi connectivity index (χ4v) is 3.35. The zero-order chi connectivity index (χ0) is 8.55. The molecule has 70 valence electrons. The first-order valence-corrected chi connectivity index (χ1v) is 5.58. The molecule has 2 aliphatic rings. The van der Waals surface area contributed by atoms with E-state index >= 15 is 0 Å². The first-order valence-electron chi connectivity index (χ1n) is 5.58. The smallest absolute Gasteiger partial charge is 0.0127 e. The second kappa shape index (κ2) is 3.37. The molecule has 1 nitrogen and oxygen atoms in total. The van der Waals surface area contributed by atoms with Crippen molar-refractivity contribution in [3.05, 3.63) is 0 Å². The molecule has 1 aliphatic heterocycles. The van der Waals surface area contributed by atoms with Gasteiger partial charge in [-0.1, -0.05) is 19.8 Å². The monoisotopic (exact) mass is 167 g/mol. The molecule has 0 aromatic carbocycles. The molecule has 0 unspecified atom stereocenters. The Hall–Kier alpha value is -0.0400. The molecule has 1 aliphatic carbocycles. The molecule has 2 fully saturated rings. The molecule has 12 heavy (non-hydrogen) atoms. The molecule has 0 amide bonds. The summed E-state index contributed by atoms with van der Waals surface area (Å²) in [5.41, 5.74) is 0. The summed E-state index contributed by atoms with van der Waals surface area (Å²) in [5, 5.41) is 0. The quantitative estimate of drug-likeness (QED) is 0.580. The predicted molar refractivity (Wildman–Crippen MR) is 52.2 cm³/mol. The number of likely N-dealkylation sites (tertiary alicyclic amines) is 1. The highest BCUT2D eigenvalue weighted by molar-refractivity contribution is 4.93. The third-order valence-electron chi connectivity index (χ3n) is 3.87. The van der Waals surface area contributed by atoms with E-state index in [-0.39, 0.29) is 0 Å². The number of hydrogen-bond donors (Lipinski definition) is 0. The van der Waals surface area contributed by atoms with E-state index in [4.69, 9.17) is 0 Å². The number of hydrogen-bond acceptors (Lipinski definition) is 1. The van der Waals surface area contributed by atoms with Gasteiger partial charge in [0.15, 0.2) is 0 Å². The van der Waals surface area contributed by atoms with E-state index in [1.165, 1.54) is 38.6 Å². The fraction of sp³-hybridized carbons (Fsp3) is 1.00. The van der Waals surface area contributed by atoms with E-state index in [0.29, 0.717) is 0 Å². The maximum absolute atomic E-state index is 2.73. The van der Waals surface area contributed by atoms with Crippen molar-refractivity contribution in [3.8, 4) is 0 Å². The van der Waals surface area contributed by atoms with Crippen LogP contribution in [-0.4, -0.2) is 23.5 Å². The Morgan fingerprint density at radius 3 is 2.75 bits per heavy atom. The number of fused-ring (bicyclic) bond motifs is 1. The molecule has 1 saturated heterocycles. The molecule has 0 spiro atoms. The first-order chi connectivity index (χ1) is 5.83. The predicted octanol–water partition coefficient (Wildman–Crippen LogP) is 2.66. The minimum Gasteiger partial charge on any atom is -0.298 e. The van der Waals surface area contributed by atoms with Gasteiger partial charge in [0, 0.05) is 12.1 Å². The second-order valence-corrected chi connectivity index (χ2v) is 4.53. The van der Waals surface area contributed by atoms with Gasteiger partial charge >= 0.3 is 0 Å². The standard InChI is InChI=1S/C11H21N/c1-3-12-9(2)8-10-6-4-5-7-11(10)12/h9-11H,3-8H2,1-2H3/t9-,10+,11+/m1/s1. The Morgan fingerprint density at radius 2 is 2.00 bits per heavy atom. The molecule has 0 bridgehead atoms. The van der Waals surface area contributed by atoms with Crippen LogP contribution in [0.25, 0.3) is 0 Å². The summed E-state index contributed by atoms with van der Waals surface area (Å²) >= 11 is 0. The molecule has 0 aromatic heterocycles. The maximum atomic E-state index is 2.73. The average molecular weight is 167 g/mol. The van der Waals surface area contributed by atoms with E-state index in [1.807, 2.05) is 0 Å². The molecular formula is C11H21N. The molecule has 0 aromatic rings. The van der Waals surface area contributed by atoms with Crippen LogP contribution in [0.3, 0.4) is 0 Å². The Balaban J connectivity index is 2.05. The van der Waals surface area contributed by atoms with Crippen LogP contribution < -0.4 is 0 Å². The van der Waals surface area contributed by atoms with Gasteiger partial charge < -0.3 is 0 Å². The highest BCUT2D eigenvalue weighted by Crippen LogP contribution is 2.38. The van der Waals surface area contributed by atoms with Crippen molar-refractivity contribution in [3.63, 3.8) is 0 Å². The van der Waals surface area contributed by atoms with Crippen molar-refractivity contribution in [2.24, 2.45) is 5.92 Å². The Morgan fingerprint density at radius 1 is 1.25 bits per heavy atom. The van der Waals surface area contributed by atoms with Crippen molar-refractivity contribution in [2.45, 2.75) is 58.0 Å². The summed E-state index contributed by atoms with van der Waals surface area (Å²) in [6.45, 7) is 5.98. The van der Waals surface area contributed by atoms with Crippen LogP contribution in [0.15, 0.2) is 0 Å². The molecule has 2 rings (SSSR count). The van der Waals surface area contributed by atoms with E-state index in [2.05, 4.69) is 18.7 Å². The summed E-state index contributed by atoms with van der Waals surface area (Å²) in [5.74, 6) is 1.05. The molecular weight excluding hydrogens is 146 g/mol. The lowest BCUT2D eigenvalue weighted by Crippen LogP contribution is -2.37. The molecule has 1 heterocycles. The van der Waals surface area contributed by atoms with Crippen LogP contribution in [0.2, 0.25) is 0 Å². The summed E-state index contributed by atoms with van der Waals surface area (Å²) in [4.78, 5) is 2.73. The van der Waals surface area contributed by atoms with Gasteiger partial charge in [0.1, 0.15) is 0 Å². The van der Waals surface area contributed by atoms with Crippen molar-refractivity contribution >= 4 is 0 Å². The fourth-order valence-electron chi connectivity index (χ4n) is 3.35. The van der Waals surface area contributed by atoms with Crippen molar-refractivity contribution in [1.29, 1.82) is 0 Å². The van der Waals surface area contributed by atoms with E-state index in [9.17, 15) is 0 Å². The maximum Gasteiger partial charge on any atom is 0.0127 e. The lowest BCUT2D eigenvalue weighted by atomic mass is 9.85. The minimum atomic E-state index is 0.864. The zero-order valence-electron chi connectivity index (χ0n) is 8.42. The zero-order valence-corrected chi connectivity index (χ0v) is 8.42. The highest BCUT2D eigenvalue weighted by atomic mass is 15.2. The van der Waals surface area contributed by atoms with Crippen LogP contribution >= 0.6 is 0 Å². The van der Waals surface area contributed by atoms with Crippen LogP contribution in [0.4, 0.5) is 0 Å². The van der Waals surface area contributed by atoms with Gasteiger partial charge in [-0.05, 0) is 38.6 Å². The molecule has 1 saturated carbocycles. The minimum absolute atomic E-state index is 0.864. The number of rotatable bonds is 1. The summed E-state index contributed by atoms with van der Waals surface area (Å²) < 4.78 is 0. The van der Waals surface area contributed by atoms with E-state index in [0.717, 1.165) is 18.0 Å². The van der Waals surface area contributed by atoms with E-state index in [1.54, 1.807) is 0 Å². The SMILES string of the molecule is CCN1[C@H](C)C[C@@H]2CCCC[C@@H]21. The van der Waals surface area contributed by atoms with E-state index < -0.39 is 0 Å². The third kappa shape index (κ3) is 1.28. The molecule has 0 radical (unpaired) electrons. The number of nitrogens with zero attached hydrogens (tertiary/aromatic N) is 1. The van der Waals surface area contributed by atoms with Gasteiger partial charge in [0.05, 0.1) is 0 Å². The lowest BCUT2D eigenvalue weighted by molar-refractivity contribution is 0.165. The van der Waals surface area contributed by atoms with Crippen LogP contribution in [-0.2, 0) is 0 Å². The van der Waals surface area contributed by atoms with Crippen molar-refractivity contribution < 1.29 is 0 Å². The second-order valence-electron chi connectivity index (χ2n) is 4.53. The largest absolute Gasteiger partial charge is 0.298 e. The van der Waals surface area contributed by atoms with Gasteiger partial charge in [-0.2, -0.15) is 0 Å². The summed E-state index contributed by atoms with van der Waals surface area (Å²) in [7, 11) is 0. The van der Waals surface area contributed by atoms with Crippen LogP contribution in [0.5, 0.6) is 0 Å². The Kier molecular flexibility index (Phi) is 2.40.